The fraction of sp³-hybridized carbons (Fsp3) is 0.435. The summed E-state index contributed by atoms with van der Waals surface area (Å²) in [6.07, 6.45) is -0.112. The van der Waals surface area contributed by atoms with Crippen LogP contribution in [0.3, 0.4) is 0 Å². The first-order chi connectivity index (χ1) is 15.8. The number of nitrogens with one attached hydrogen (secondary N) is 2. The largest absolute Gasteiger partial charge is 0.497 e. The van der Waals surface area contributed by atoms with Crippen LogP contribution in [-0.2, 0) is 26.1 Å². The molecule has 0 aliphatic carbocycles. The maximum atomic E-state index is 12.8. The highest BCUT2D eigenvalue weighted by Gasteiger charge is 2.34. The van der Waals surface area contributed by atoms with Crippen molar-refractivity contribution in [3.8, 4) is 11.5 Å². The van der Waals surface area contributed by atoms with Crippen molar-refractivity contribution in [2.45, 2.75) is 49.0 Å². The topological polar surface area (TPSA) is 123 Å². The fourth-order valence-corrected chi connectivity index (χ4v) is 5.01. The van der Waals surface area contributed by atoms with Gasteiger partial charge in [-0.25, -0.2) is 13.1 Å². The summed E-state index contributed by atoms with van der Waals surface area (Å²) >= 11 is 0. The second-order valence-electron chi connectivity index (χ2n) is 7.79. The fourth-order valence-electron chi connectivity index (χ4n) is 3.68. The molecule has 3 atom stereocenters. The molecule has 180 valence electrons. The van der Waals surface area contributed by atoms with E-state index in [1.54, 1.807) is 19.2 Å². The minimum atomic E-state index is -3.83. The number of amides is 1. The van der Waals surface area contributed by atoms with Crippen LogP contribution in [0.1, 0.15) is 24.8 Å². The summed E-state index contributed by atoms with van der Waals surface area (Å²) in [5, 5.41) is 12.6. The molecule has 0 aromatic heterocycles. The summed E-state index contributed by atoms with van der Waals surface area (Å²) in [5.74, 6) is 0.993. The average molecular weight is 479 g/mol. The van der Waals surface area contributed by atoms with E-state index < -0.39 is 28.3 Å². The predicted molar refractivity (Wildman–Crippen MR) is 122 cm³/mol. The van der Waals surface area contributed by atoms with Gasteiger partial charge in [0.2, 0.25) is 15.9 Å². The standard InChI is InChI=1S/C23H30N2O7S/c1-30-17-8-6-16(7-9-17)14-24-23(27)13-19-10-11-21(22(15-26)32-19)25-33(28,29)20-5-3-4-18(12-20)31-2/h3-9,12,19,21-22,25-26H,10-11,13-15H2,1-2H3,(H,24,27)/t19-,21+,22-/m0/s1. The highest BCUT2D eigenvalue weighted by atomic mass is 32.2. The number of sulfonamides is 1. The van der Waals surface area contributed by atoms with E-state index in [0.717, 1.165) is 11.3 Å². The number of hydrogen-bond donors (Lipinski definition) is 3. The molecule has 0 radical (unpaired) electrons. The van der Waals surface area contributed by atoms with Gasteiger partial charge in [-0.3, -0.25) is 4.79 Å². The van der Waals surface area contributed by atoms with Gasteiger partial charge in [0.25, 0.3) is 0 Å². The molecule has 0 unspecified atom stereocenters. The molecule has 1 fully saturated rings. The lowest BCUT2D eigenvalue weighted by atomic mass is 9.98. The Morgan fingerprint density at radius 2 is 1.82 bits per heavy atom. The van der Waals surface area contributed by atoms with Crippen LogP contribution in [-0.4, -0.2) is 58.5 Å². The molecule has 10 heteroatoms. The van der Waals surface area contributed by atoms with Gasteiger partial charge >= 0.3 is 0 Å². The minimum Gasteiger partial charge on any atom is -0.497 e. The van der Waals surface area contributed by atoms with Gasteiger partial charge in [-0.2, -0.15) is 0 Å². The van der Waals surface area contributed by atoms with Crippen molar-refractivity contribution in [3.63, 3.8) is 0 Å². The molecular weight excluding hydrogens is 448 g/mol. The van der Waals surface area contributed by atoms with Gasteiger partial charge < -0.3 is 24.6 Å². The number of hydrogen-bond acceptors (Lipinski definition) is 7. The SMILES string of the molecule is COc1ccc(CNC(=O)C[C@@H]2CC[C@@H](NS(=O)(=O)c3cccc(OC)c3)[C@H](CO)O2)cc1. The van der Waals surface area contributed by atoms with E-state index in [1.807, 2.05) is 24.3 Å². The van der Waals surface area contributed by atoms with Gasteiger partial charge in [0, 0.05) is 12.6 Å². The van der Waals surface area contributed by atoms with Crippen molar-refractivity contribution in [1.82, 2.24) is 10.0 Å². The summed E-state index contributed by atoms with van der Waals surface area (Å²) in [7, 11) is -0.776. The van der Waals surface area contributed by atoms with Gasteiger partial charge in [-0.1, -0.05) is 18.2 Å². The zero-order valence-corrected chi connectivity index (χ0v) is 19.5. The summed E-state index contributed by atoms with van der Waals surface area (Å²) in [6.45, 7) is 0.0111. The molecule has 0 bridgehead atoms. The number of methoxy groups -OCH3 is 2. The maximum Gasteiger partial charge on any atom is 0.241 e. The summed E-state index contributed by atoms with van der Waals surface area (Å²) in [5.41, 5.74) is 0.939. The minimum absolute atomic E-state index is 0.0681. The van der Waals surface area contributed by atoms with Crippen LogP contribution in [0.4, 0.5) is 0 Å². The molecule has 2 aromatic rings. The summed E-state index contributed by atoms with van der Waals surface area (Å²) in [6, 6.07) is 12.9. The Morgan fingerprint density at radius 1 is 1.09 bits per heavy atom. The molecule has 0 saturated carbocycles. The van der Waals surface area contributed by atoms with Crippen molar-refractivity contribution >= 4 is 15.9 Å². The van der Waals surface area contributed by atoms with E-state index in [-0.39, 0.29) is 23.8 Å². The van der Waals surface area contributed by atoms with Gasteiger partial charge in [0.15, 0.2) is 0 Å². The van der Waals surface area contributed by atoms with E-state index in [0.29, 0.717) is 25.1 Å². The summed E-state index contributed by atoms with van der Waals surface area (Å²) < 4.78 is 44.2. The van der Waals surface area contributed by atoms with E-state index in [4.69, 9.17) is 14.2 Å². The average Bonchev–Trinajstić information content (AvgIpc) is 2.83. The number of aliphatic hydroxyl groups excluding tert-OH is 1. The van der Waals surface area contributed by atoms with Crippen LogP contribution in [0.15, 0.2) is 53.4 Å². The number of ether oxygens (including phenoxy) is 3. The lowest BCUT2D eigenvalue weighted by molar-refractivity contribution is -0.130. The predicted octanol–water partition coefficient (Wildman–Crippen LogP) is 1.60. The second kappa shape index (κ2) is 11.5. The first-order valence-corrected chi connectivity index (χ1v) is 12.1. The summed E-state index contributed by atoms with van der Waals surface area (Å²) in [4.78, 5) is 12.4. The van der Waals surface area contributed by atoms with E-state index >= 15 is 0 Å². The maximum absolute atomic E-state index is 12.8. The van der Waals surface area contributed by atoms with Crippen molar-refractivity contribution in [2.75, 3.05) is 20.8 Å². The molecule has 0 spiro atoms. The Kier molecular flexibility index (Phi) is 8.67. The number of rotatable bonds is 10. The molecule has 1 aliphatic heterocycles. The van der Waals surface area contributed by atoms with E-state index in [1.165, 1.54) is 19.2 Å². The molecule has 1 amide bonds. The third-order valence-corrected chi connectivity index (χ3v) is 7.00. The second-order valence-corrected chi connectivity index (χ2v) is 9.51. The van der Waals surface area contributed by atoms with Gasteiger partial charge in [0.1, 0.15) is 11.5 Å². The normalized spacial score (nSPS) is 20.8. The number of carbonyl (C=O) groups excluding carboxylic acids is 1. The molecule has 1 aliphatic rings. The van der Waals surface area contributed by atoms with Crippen LogP contribution in [0, 0.1) is 0 Å². The number of aliphatic hydroxyl groups is 1. The molecule has 9 nitrogen and oxygen atoms in total. The third kappa shape index (κ3) is 6.91. The molecule has 1 saturated heterocycles. The molecule has 33 heavy (non-hydrogen) atoms. The van der Waals surface area contributed by atoms with Crippen molar-refractivity contribution in [1.29, 1.82) is 0 Å². The van der Waals surface area contributed by atoms with Gasteiger partial charge in [-0.15, -0.1) is 0 Å². The van der Waals surface area contributed by atoms with Crippen LogP contribution in [0.25, 0.3) is 0 Å². The quantitative estimate of drug-likeness (QED) is 0.474. The van der Waals surface area contributed by atoms with Crippen molar-refractivity contribution in [3.05, 3.63) is 54.1 Å². The monoisotopic (exact) mass is 478 g/mol. The highest BCUT2D eigenvalue weighted by molar-refractivity contribution is 7.89. The lowest BCUT2D eigenvalue weighted by Crippen LogP contribution is -2.51. The highest BCUT2D eigenvalue weighted by Crippen LogP contribution is 2.24. The molecule has 2 aromatic carbocycles. The van der Waals surface area contributed by atoms with Crippen molar-refractivity contribution < 1.29 is 32.5 Å². The Labute approximate surface area is 194 Å². The number of benzene rings is 2. The van der Waals surface area contributed by atoms with Gasteiger partial charge in [0.05, 0.1) is 50.4 Å². The van der Waals surface area contributed by atoms with Crippen LogP contribution < -0.4 is 19.5 Å². The van der Waals surface area contributed by atoms with E-state index in [2.05, 4.69) is 10.0 Å². The Balaban J connectivity index is 1.52. The van der Waals surface area contributed by atoms with Crippen molar-refractivity contribution in [2.24, 2.45) is 0 Å². The first-order valence-electron chi connectivity index (χ1n) is 10.7. The number of carbonyl (C=O) groups is 1. The Hall–Kier alpha value is -2.66. The van der Waals surface area contributed by atoms with Crippen LogP contribution in [0.5, 0.6) is 11.5 Å². The Morgan fingerprint density at radius 3 is 2.48 bits per heavy atom. The van der Waals surface area contributed by atoms with Crippen LogP contribution >= 0.6 is 0 Å². The zero-order valence-electron chi connectivity index (χ0n) is 18.7. The van der Waals surface area contributed by atoms with E-state index in [9.17, 15) is 18.3 Å². The smallest absolute Gasteiger partial charge is 0.241 e. The van der Waals surface area contributed by atoms with Crippen LogP contribution in [0.2, 0.25) is 0 Å². The molecule has 3 N–H and O–H groups in total. The lowest BCUT2D eigenvalue weighted by Gasteiger charge is -2.35. The Bertz CT molecular complexity index is 1030. The molecule has 1 heterocycles. The molecular formula is C23H30N2O7S. The molecule has 3 rings (SSSR count). The zero-order chi connectivity index (χ0) is 23.8. The first kappa shape index (κ1) is 25.0. The third-order valence-electron chi connectivity index (χ3n) is 5.52. The van der Waals surface area contributed by atoms with Gasteiger partial charge in [-0.05, 0) is 42.7 Å².